The van der Waals surface area contributed by atoms with Crippen molar-refractivity contribution in [2.45, 2.75) is 18.6 Å². The molecule has 0 aliphatic carbocycles. The van der Waals surface area contributed by atoms with Crippen LogP contribution >= 0.6 is 11.8 Å². The predicted octanol–water partition coefficient (Wildman–Crippen LogP) is 2.56. The van der Waals surface area contributed by atoms with Crippen molar-refractivity contribution in [3.63, 3.8) is 0 Å². The molecule has 0 unspecified atom stereocenters. The first-order valence-electron chi connectivity index (χ1n) is 9.01. The fraction of sp³-hybridized carbons (Fsp3) is 0.150. The summed E-state index contributed by atoms with van der Waals surface area (Å²) < 4.78 is 3.55. The van der Waals surface area contributed by atoms with Gasteiger partial charge in [0.05, 0.1) is 5.75 Å². The Balaban J connectivity index is 1.37. The zero-order chi connectivity index (χ0) is 20.1. The summed E-state index contributed by atoms with van der Waals surface area (Å²) in [7, 11) is 0. The Hall–Kier alpha value is -3.46. The number of aryl methyl sites for hydroxylation is 1. The molecule has 1 aromatic carbocycles. The van der Waals surface area contributed by atoms with Crippen LogP contribution in [-0.2, 0) is 11.3 Å². The zero-order valence-electron chi connectivity index (χ0n) is 15.8. The van der Waals surface area contributed by atoms with Crippen molar-refractivity contribution in [1.29, 1.82) is 0 Å². The minimum atomic E-state index is -0.0938. The van der Waals surface area contributed by atoms with E-state index in [0.29, 0.717) is 17.5 Å². The molecule has 0 spiro atoms. The van der Waals surface area contributed by atoms with Gasteiger partial charge >= 0.3 is 0 Å². The topological polar surface area (TPSA) is 90.5 Å². The summed E-state index contributed by atoms with van der Waals surface area (Å²) in [6, 6.07) is 13.7. The van der Waals surface area contributed by atoms with Crippen LogP contribution in [0.5, 0.6) is 0 Å². The monoisotopic (exact) mass is 405 g/mol. The number of amides is 1. The van der Waals surface area contributed by atoms with E-state index in [2.05, 4.69) is 25.6 Å². The highest BCUT2D eigenvalue weighted by Crippen LogP contribution is 2.19. The summed E-state index contributed by atoms with van der Waals surface area (Å²) >= 11 is 1.34. The lowest BCUT2D eigenvalue weighted by Crippen LogP contribution is -2.25. The number of nitrogens with zero attached hydrogens (tertiary/aromatic N) is 6. The predicted molar refractivity (Wildman–Crippen MR) is 110 cm³/mol. The molecule has 3 heterocycles. The average molecular weight is 405 g/mol. The van der Waals surface area contributed by atoms with Crippen LogP contribution in [0.3, 0.4) is 0 Å². The molecule has 1 amide bonds. The molecule has 9 heteroatoms. The Labute approximate surface area is 172 Å². The number of hydrogen-bond donors (Lipinski definition) is 1. The Morgan fingerprint density at radius 3 is 2.79 bits per heavy atom. The van der Waals surface area contributed by atoms with Crippen molar-refractivity contribution < 1.29 is 4.79 Å². The standard InChI is InChI=1S/C20H19N7OS/c1-15-5-7-17(8-6-15)26-14-23-25-20(26)29-13-18(28)22-12-16-4-2-9-21-19(16)27-11-3-10-24-27/h2-11,14H,12-13H2,1H3,(H,22,28). The van der Waals surface area contributed by atoms with Crippen LogP contribution < -0.4 is 5.32 Å². The second kappa shape index (κ2) is 8.70. The van der Waals surface area contributed by atoms with Crippen molar-refractivity contribution in [3.8, 4) is 11.5 Å². The molecule has 3 aromatic heterocycles. The average Bonchev–Trinajstić information content (AvgIpc) is 3.44. The normalized spacial score (nSPS) is 10.8. The van der Waals surface area contributed by atoms with Gasteiger partial charge in [-0.15, -0.1) is 10.2 Å². The van der Waals surface area contributed by atoms with E-state index in [9.17, 15) is 4.79 Å². The number of hydrogen-bond acceptors (Lipinski definition) is 6. The Bertz CT molecular complexity index is 1090. The lowest BCUT2D eigenvalue weighted by Gasteiger charge is -2.10. The number of rotatable bonds is 7. The smallest absolute Gasteiger partial charge is 0.230 e. The Kier molecular flexibility index (Phi) is 5.66. The second-order valence-electron chi connectivity index (χ2n) is 6.32. The molecule has 0 saturated carbocycles. The first-order chi connectivity index (χ1) is 14.2. The number of thioether (sulfide) groups is 1. The molecule has 0 atom stereocenters. The van der Waals surface area contributed by atoms with Gasteiger partial charge < -0.3 is 5.32 Å². The van der Waals surface area contributed by atoms with Gasteiger partial charge in [-0.25, -0.2) is 9.67 Å². The molecule has 0 radical (unpaired) electrons. The molecule has 4 aromatic rings. The molecule has 0 bridgehead atoms. The van der Waals surface area contributed by atoms with Gasteiger partial charge in [0.1, 0.15) is 6.33 Å². The van der Waals surface area contributed by atoms with E-state index in [0.717, 1.165) is 11.3 Å². The van der Waals surface area contributed by atoms with Crippen LogP contribution in [0.25, 0.3) is 11.5 Å². The van der Waals surface area contributed by atoms with Gasteiger partial charge in [-0.2, -0.15) is 5.10 Å². The highest BCUT2D eigenvalue weighted by molar-refractivity contribution is 7.99. The molecule has 0 aliphatic rings. The molecule has 4 rings (SSSR count). The van der Waals surface area contributed by atoms with Crippen LogP contribution in [0.1, 0.15) is 11.1 Å². The third-order valence-corrected chi connectivity index (χ3v) is 5.17. The first kappa shape index (κ1) is 18.9. The molecule has 29 heavy (non-hydrogen) atoms. The summed E-state index contributed by atoms with van der Waals surface area (Å²) in [5.41, 5.74) is 3.03. The molecular weight excluding hydrogens is 386 g/mol. The summed E-state index contributed by atoms with van der Waals surface area (Å²) in [6.45, 7) is 2.41. The summed E-state index contributed by atoms with van der Waals surface area (Å²) in [6.07, 6.45) is 6.87. The first-order valence-corrected chi connectivity index (χ1v) is 10.00. The van der Waals surface area contributed by atoms with Crippen molar-refractivity contribution >= 4 is 17.7 Å². The summed E-state index contributed by atoms with van der Waals surface area (Å²) in [5.74, 6) is 0.843. The number of carbonyl (C=O) groups is 1. The van der Waals surface area contributed by atoms with Crippen molar-refractivity contribution in [2.24, 2.45) is 0 Å². The van der Waals surface area contributed by atoms with Crippen molar-refractivity contribution in [3.05, 3.63) is 78.5 Å². The maximum Gasteiger partial charge on any atom is 0.230 e. The maximum absolute atomic E-state index is 12.4. The summed E-state index contributed by atoms with van der Waals surface area (Å²) in [4.78, 5) is 16.7. The minimum Gasteiger partial charge on any atom is -0.351 e. The van der Waals surface area contributed by atoms with E-state index in [-0.39, 0.29) is 11.7 Å². The van der Waals surface area contributed by atoms with Gasteiger partial charge in [0.15, 0.2) is 11.0 Å². The highest BCUT2D eigenvalue weighted by Gasteiger charge is 2.11. The third kappa shape index (κ3) is 4.52. The van der Waals surface area contributed by atoms with Crippen LogP contribution in [0.15, 0.2) is 72.5 Å². The Morgan fingerprint density at radius 2 is 2.00 bits per heavy atom. The van der Waals surface area contributed by atoms with Gasteiger partial charge in [0.2, 0.25) is 5.91 Å². The number of benzene rings is 1. The van der Waals surface area contributed by atoms with Crippen molar-refractivity contribution in [2.75, 3.05) is 5.75 Å². The number of pyridine rings is 1. The van der Waals surface area contributed by atoms with Gasteiger partial charge in [-0.05, 0) is 31.2 Å². The molecule has 0 aliphatic heterocycles. The van der Waals surface area contributed by atoms with Gasteiger partial charge in [0, 0.05) is 36.4 Å². The van der Waals surface area contributed by atoms with E-state index in [1.807, 2.05) is 60.2 Å². The zero-order valence-corrected chi connectivity index (χ0v) is 16.6. The van der Waals surface area contributed by atoms with Gasteiger partial charge in [-0.1, -0.05) is 35.5 Å². The molecular formula is C20H19N7OS. The SMILES string of the molecule is Cc1ccc(-n2cnnc2SCC(=O)NCc2cccnc2-n2cccn2)cc1. The lowest BCUT2D eigenvalue weighted by atomic mass is 10.2. The second-order valence-corrected chi connectivity index (χ2v) is 7.26. The minimum absolute atomic E-state index is 0.0938. The molecule has 146 valence electrons. The number of aromatic nitrogens is 6. The quantitative estimate of drug-likeness (QED) is 0.475. The lowest BCUT2D eigenvalue weighted by molar-refractivity contribution is -0.118. The van der Waals surface area contributed by atoms with E-state index >= 15 is 0 Å². The van der Waals surface area contributed by atoms with Crippen LogP contribution in [-0.4, -0.2) is 41.2 Å². The number of carbonyl (C=O) groups excluding carboxylic acids is 1. The van der Waals surface area contributed by atoms with Crippen LogP contribution in [0, 0.1) is 6.92 Å². The van der Waals surface area contributed by atoms with E-state index < -0.39 is 0 Å². The van der Waals surface area contributed by atoms with Crippen LogP contribution in [0.4, 0.5) is 0 Å². The maximum atomic E-state index is 12.4. The molecule has 0 saturated heterocycles. The van der Waals surface area contributed by atoms with Crippen molar-refractivity contribution in [1.82, 2.24) is 34.8 Å². The van der Waals surface area contributed by atoms with E-state index in [1.165, 1.54) is 17.3 Å². The fourth-order valence-corrected chi connectivity index (χ4v) is 3.51. The molecule has 0 fully saturated rings. The highest BCUT2D eigenvalue weighted by atomic mass is 32.2. The van der Waals surface area contributed by atoms with Gasteiger partial charge in [-0.3, -0.25) is 9.36 Å². The largest absolute Gasteiger partial charge is 0.351 e. The molecule has 1 N–H and O–H groups in total. The van der Waals surface area contributed by atoms with E-state index in [1.54, 1.807) is 23.4 Å². The third-order valence-electron chi connectivity index (χ3n) is 4.23. The Morgan fingerprint density at radius 1 is 1.14 bits per heavy atom. The summed E-state index contributed by atoms with van der Waals surface area (Å²) in [5, 5.41) is 15.9. The van der Waals surface area contributed by atoms with Gasteiger partial charge in [0.25, 0.3) is 0 Å². The molecule has 8 nitrogen and oxygen atoms in total. The number of nitrogens with one attached hydrogen (secondary N) is 1. The van der Waals surface area contributed by atoms with Crippen LogP contribution in [0.2, 0.25) is 0 Å². The van der Waals surface area contributed by atoms with E-state index in [4.69, 9.17) is 0 Å². The fourth-order valence-electron chi connectivity index (χ4n) is 2.75.